The zero-order valence-corrected chi connectivity index (χ0v) is 15.5. The van der Waals surface area contributed by atoms with Crippen molar-refractivity contribution in [3.63, 3.8) is 0 Å². The van der Waals surface area contributed by atoms with E-state index in [-0.39, 0.29) is 24.2 Å². The van der Waals surface area contributed by atoms with Gasteiger partial charge in [0.2, 0.25) is 5.91 Å². The number of carbonyl (C=O) groups is 1. The van der Waals surface area contributed by atoms with Crippen LogP contribution in [0.3, 0.4) is 0 Å². The van der Waals surface area contributed by atoms with Gasteiger partial charge in [-0.2, -0.15) is 0 Å². The zero-order valence-electron chi connectivity index (χ0n) is 14.7. The molecule has 0 aromatic heterocycles. The first kappa shape index (κ1) is 21.7. The van der Waals surface area contributed by atoms with Gasteiger partial charge in [-0.25, -0.2) is 0 Å². The van der Waals surface area contributed by atoms with Crippen LogP contribution < -0.4 is 15.8 Å². The molecule has 0 aliphatic rings. The quantitative estimate of drug-likeness (QED) is 0.721. The molecule has 1 aromatic carbocycles. The van der Waals surface area contributed by atoms with E-state index in [1.54, 1.807) is 0 Å². The first-order valence-electron chi connectivity index (χ1n) is 8.19. The van der Waals surface area contributed by atoms with E-state index in [1.165, 1.54) is 0 Å². The van der Waals surface area contributed by atoms with Gasteiger partial charge in [0, 0.05) is 12.1 Å². The Morgan fingerprint density at radius 1 is 1.26 bits per heavy atom. The predicted molar refractivity (Wildman–Crippen MR) is 97.9 cm³/mol. The van der Waals surface area contributed by atoms with Gasteiger partial charge in [-0.05, 0) is 24.3 Å². The van der Waals surface area contributed by atoms with Crippen LogP contribution in [0.1, 0.15) is 46.1 Å². The molecule has 4 nitrogen and oxygen atoms in total. The van der Waals surface area contributed by atoms with E-state index in [2.05, 4.69) is 19.2 Å². The number of nitrogens with one attached hydrogen (secondary N) is 1. The van der Waals surface area contributed by atoms with Crippen LogP contribution >= 0.6 is 12.4 Å². The average Bonchev–Trinajstić information content (AvgIpc) is 2.51. The number of rotatable bonds is 9. The summed E-state index contributed by atoms with van der Waals surface area (Å²) in [7, 11) is 0. The lowest BCUT2D eigenvalue weighted by Crippen LogP contribution is -2.44. The minimum atomic E-state index is -0.459. The SMILES string of the molecule is CCC(C)C(N)C(=O)NCc1ccccc1OCCC(C)C.Cl. The minimum absolute atomic E-state index is 0. The summed E-state index contributed by atoms with van der Waals surface area (Å²) in [6.07, 6.45) is 1.91. The van der Waals surface area contributed by atoms with E-state index >= 15 is 0 Å². The second-order valence-electron chi connectivity index (χ2n) is 6.27. The maximum atomic E-state index is 12.1. The molecule has 132 valence electrons. The van der Waals surface area contributed by atoms with E-state index in [4.69, 9.17) is 10.5 Å². The summed E-state index contributed by atoms with van der Waals surface area (Å²) in [5, 5.41) is 2.91. The van der Waals surface area contributed by atoms with Gasteiger partial charge < -0.3 is 15.8 Å². The maximum Gasteiger partial charge on any atom is 0.237 e. The Bertz CT molecular complexity index is 466. The molecule has 0 fully saturated rings. The molecule has 2 atom stereocenters. The normalized spacial score (nSPS) is 13.1. The fourth-order valence-corrected chi connectivity index (χ4v) is 2.01. The van der Waals surface area contributed by atoms with E-state index in [0.717, 1.165) is 24.2 Å². The molecule has 5 heteroatoms. The van der Waals surface area contributed by atoms with Crippen LogP contribution in [0, 0.1) is 11.8 Å². The fourth-order valence-electron chi connectivity index (χ4n) is 2.01. The van der Waals surface area contributed by atoms with Gasteiger partial charge in [0.1, 0.15) is 5.75 Å². The lowest BCUT2D eigenvalue weighted by molar-refractivity contribution is -0.123. The Kier molecular flexibility index (Phi) is 10.7. The molecule has 1 rings (SSSR count). The van der Waals surface area contributed by atoms with Crippen LogP contribution in [0.4, 0.5) is 0 Å². The van der Waals surface area contributed by atoms with Crippen LogP contribution in [0.25, 0.3) is 0 Å². The first-order chi connectivity index (χ1) is 10.5. The second kappa shape index (κ2) is 11.3. The van der Waals surface area contributed by atoms with Crippen molar-refractivity contribution in [1.82, 2.24) is 5.32 Å². The lowest BCUT2D eigenvalue weighted by Gasteiger charge is -2.18. The van der Waals surface area contributed by atoms with E-state index in [1.807, 2.05) is 38.1 Å². The monoisotopic (exact) mass is 342 g/mol. The molecule has 0 saturated heterocycles. The molecular weight excluding hydrogens is 312 g/mol. The number of para-hydroxylation sites is 1. The number of amides is 1. The number of carbonyl (C=O) groups excluding carboxylic acids is 1. The Morgan fingerprint density at radius 2 is 1.91 bits per heavy atom. The molecule has 0 heterocycles. The molecule has 1 amide bonds. The van der Waals surface area contributed by atoms with Crippen molar-refractivity contribution in [2.75, 3.05) is 6.61 Å². The molecule has 0 radical (unpaired) electrons. The van der Waals surface area contributed by atoms with E-state index < -0.39 is 6.04 Å². The van der Waals surface area contributed by atoms with Gasteiger partial charge in [-0.3, -0.25) is 4.79 Å². The Balaban J connectivity index is 0.00000484. The summed E-state index contributed by atoms with van der Waals surface area (Å²) >= 11 is 0. The van der Waals surface area contributed by atoms with Gasteiger partial charge >= 0.3 is 0 Å². The largest absolute Gasteiger partial charge is 0.493 e. The third-order valence-corrected chi connectivity index (χ3v) is 3.94. The van der Waals surface area contributed by atoms with Crippen LogP contribution in [-0.4, -0.2) is 18.6 Å². The van der Waals surface area contributed by atoms with Gasteiger partial charge in [0.05, 0.1) is 12.6 Å². The van der Waals surface area contributed by atoms with Crippen molar-refractivity contribution in [1.29, 1.82) is 0 Å². The highest BCUT2D eigenvalue weighted by molar-refractivity contribution is 5.85. The van der Waals surface area contributed by atoms with E-state index in [0.29, 0.717) is 19.1 Å². The highest BCUT2D eigenvalue weighted by Crippen LogP contribution is 2.18. The van der Waals surface area contributed by atoms with Gasteiger partial charge in [0.15, 0.2) is 0 Å². The number of nitrogens with two attached hydrogens (primary N) is 1. The van der Waals surface area contributed by atoms with Crippen LogP contribution in [-0.2, 0) is 11.3 Å². The Hall–Kier alpha value is -1.26. The maximum absolute atomic E-state index is 12.1. The smallest absolute Gasteiger partial charge is 0.237 e. The number of halogens is 1. The first-order valence-corrected chi connectivity index (χ1v) is 8.19. The fraction of sp³-hybridized carbons (Fsp3) is 0.611. The van der Waals surface area contributed by atoms with Crippen molar-refractivity contribution < 1.29 is 9.53 Å². The molecule has 0 spiro atoms. The van der Waals surface area contributed by atoms with Gasteiger partial charge in [-0.15, -0.1) is 12.4 Å². The van der Waals surface area contributed by atoms with Crippen LogP contribution in [0.15, 0.2) is 24.3 Å². The molecule has 0 saturated carbocycles. The van der Waals surface area contributed by atoms with Crippen molar-refractivity contribution in [2.24, 2.45) is 17.6 Å². The van der Waals surface area contributed by atoms with E-state index in [9.17, 15) is 4.79 Å². The molecule has 0 aliphatic carbocycles. The number of hydrogen-bond acceptors (Lipinski definition) is 3. The molecular formula is C18H31ClN2O2. The summed E-state index contributed by atoms with van der Waals surface area (Å²) in [4.78, 5) is 12.1. The van der Waals surface area contributed by atoms with Crippen molar-refractivity contribution in [3.05, 3.63) is 29.8 Å². The lowest BCUT2D eigenvalue weighted by atomic mass is 9.99. The zero-order chi connectivity index (χ0) is 16.5. The summed E-state index contributed by atoms with van der Waals surface area (Å²) in [5.74, 6) is 1.52. The molecule has 0 aliphatic heterocycles. The summed E-state index contributed by atoms with van der Waals surface area (Å²) in [6, 6.07) is 7.35. The van der Waals surface area contributed by atoms with Crippen molar-refractivity contribution >= 4 is 18.3 Å². The summed E-state index contributed by atoms with van der Waals surface area (Å²) in [6.45, 7) is 9.51. The van der Waals surface area contributed by atoms with Gasteiger partial charge in [-0.1, -0.05) is 52.3 Å². The highest BCUT2D eigenvalue weighted by atomic mass is 35.5. The van der Waals surface area contributed by atoms with Gasteiger partial charge in [0.25, 0.3) is 0 Å². The number of ether oxygens (including phenoxy) is 1. The molecule has 0 bridgehead atoms. The van der Waals surface area contributed by atoms with Crippen molar-refractivity contribution in [3.8, 4) is 5.75 Å². The average molecular weight is 343 g/mol. The Morgan fingerprint density at radius 3 is 2.52 bits per heavy atom. The molecule has 1 aromatic rings. The Labute approximate surface area is 146 Å². The number of benzene rings is 1. The highest BCUT2D eigenvalue weighted by Gasteiger charge is 2.19. The molecule has 23 heavy (non-hydrogen) atoms. The van der Waals surface area contributed by atoms with Crippen LogP contribution in [0.5, 0.6) is 5.75 Å². The third kappa shape index (κ3) is 7.71. The van der Waals surface area contributed by atoms with Crippen molar-refractivity contribution in [2.45, 2.75) is 53.1 Å². The van der Waals surface area contributed by atoms with Crippen LogP contribution in [0.2, 0.25) is 0 Å². The second-order valence-corrected chi connectivity index (χ2v) is 6.27. The standard InChI is InChI=1S/C18H30N2O2.ClH/c1-5-14(4)17(19)18(21)20-12-15-8-6-7-9-16(15)22-11-10-13(2)3;/h6-9,13-14,17H,5,10-12,19H2,1-4H3,(H,20,21);1H. The third-order valence-electron chi connectivity index (χ3n) is 3.94. The molecule has 2 unspecified atom stereocenters. The summed E-state index contributed by atoms with van der Waals surface area (Å²) < 4.78 is 5.83. The minimum Gasteiger partial charge on any atom is -0.493 e. The number of hydrogen-bond donors (Lipinski definition) is 2. The summed E-state index contributed by atoms with van der Waals surface area (Å²) in [5.41, 5.74) is 6.93. The topological polar surface area (TPSA) is 64.4 Å². The predicted octanol–water partition coefficient (Wildman–Crippen LogP) is 3.52. The molecule has 3 N–H and O–H groups in total.